The Labute approximate surface area is 178 Å². The predicted octanol–water partition coefficient (Wildman–Crippen LogP) is 2.78. The van der Waals surface area contributed by atoms with Crippen LogP contribution in [0.25, 0.3) is 11.0 Å². The van der Waals surface area contributed by atoms with Gasteiger partial charge in [0.2, 0.25) is 17.6 Å². The van der Waals surface area contributed by atoms with Crippen LogP contribution in [0.5, 0.6) is 17.2 Å². The normalized spacial score (nSPS) is 17.6. The van der Waals surface area contributed by atoms with Gasteiger partial charge < -0.3 is 23.5 Å². The third kappa shape index (κ3) is 3.22. The van der Waals surface area contributed by atoms with Crippen LogP contribution in [0.1, 0.15) is 18.5 Å². The molecule has 0 spiro atoms. The van der Waals surface area contributed by atoms with Crippen molar-refractivity contribution in [2.75, 3.05) is 33.3 Å². The van der Waals surface area contributed by atoms with Gasteiger partial charge in [0.1, 0.15) is 0 Å². The third-order valence-corrected chi connectivity index (χ3v) is 5.30. The number of benzene rings is 2. The number of nitrogens with one attached hydrogen (secondary N) is 1. The fourth-order valence-electron chi connectivity index (χ4n) is 4.04. The lowest BCUT2D eigenvalue weighted by Gasteiger charge is -2.33. The number of amides is 1. The van der Waals surface area contributed by atoms with Crippen LogP contribution in [-0.2, 0) is 14.3 Å². The summed E-state index contributed by atoms with van der Waals surface area (Å²) in [4.78, 5) is 30.5. The van der Waals surface area contributed by atoms with Crippen molar-refractivity contribution in [3.63, 3.8) is 0 Å². The Morgan fingerprint density at radius 3 is 2.48 bits per heavy atom. The van der Waals surface area contributed by atoms with E-state index in [4.69, 9.17) is 18.9 Å². The summed E-state index contributed by atoms with van der Waals surface area (Å²) >= 11 is 0. The van der Waals surface area contributed by atoms with Crippen molar-refractivity contribution in [1.82, 2.24) is 9.55 Å². The minimum atomic E-state index is -1.16. The number of aromatic nitrogens is 2. The van der Waals surface area contributed by atoms with Crippen LogP contribution in [0, 0.1) is 5.92 Å². The molecule has 2 aromatic carbocycles. The van der Waals surface area contributed by atoms with Crippen LogP contribution < -0.4 is 19.5 Å². The second kappa shape index (κ2) is 8.17. The van der Waals surface area contributed by atoms with E-state index in [-0.39, 0.29) is 6.61 Å². The number of anilines is 1. The Bertz CT molecular complexity index is 1160. The van der Waals surface area contributed by atoms with Crippen molar-refractivity contribution >= 4 is 28.9 Å². The molecule has 4 rings (SSSR count). The number of imidazole rings is 1. The molecule has 1 aliphatic rings. The molecule has 31 heavy (non-hydrogen) atoms. The van der Waals surface area contributed by atoms with E-state index in [1.54, 1.807) is 19.1 Å². The number of ether oxygens (including phenoxy) is 4. The highest BCUT2D eigenvalue weighted by Crippen LogP contribution is 2.47. The number of esters is 1. The lowest BCUT2D eigenvalue weighted by atomic mass is 9.89. The van der Waals surface area contributed by atoms with Crippen molar-refractivity contribution in [2.24, 2.45) is 5.92 Å². The fraction of sp³-hybridized carbons (Fsp3) is 0.318. The first-order chi connectivity index (χ1) is 15.0. The molecule has 1 aromatic heterocycles. The lowest BCUT2D eigenvalue weighted by Crippen LogP contribution is -2.43. The van der Waals surface area contributed by atoms with Gasteiger partial charge in [0, 0.05) is 5.56 Å². The highest BCUT2D eigenvalue weighted by Gasteiger charge is 2.45. The summed E-state index contributed by atoms with van der Waals surface area (Å²) in [5.41, 5.74) is 2.01. The second-order valence-electron chi connectivity index (χ2n) is 6.88. The first kappa shape index (κ1) is 20.5. The average Bonchev–Trinajstić information content (AvgIpc) is 3.14. The van der Waals surface area contributed by atoms with Gasteiger partial charge >= 0.3 is 5.97 Å². The van der Waals surface area contributed by atoms with E-state index in [1.807, 2.05) is 28.8 Å². The van der Waals surface area contributed by atoms with E-state index in [0.29, 0.717) is 34.3 Å². The summed E-state index contributed by atoms with van der Waals surface area (Å²) in [6.45, 7) is 1.85. The summed E-state index contributed by atoms with van der Waals surface area (Å²) < 4.78 is 23.7. The first-order valence-electron chi connectivity index (χ1n) is 9.79. The molecule has 0 aliphatic carbocycles. The Morgan fingerprint density at radius 2 is 1.81 bits per heavy atom. The molecule has 162 valence electrons. The molecular formula is C22H23N3O6. The molecule has 0 saturated heterocycles. The third-order valence-electron chi connectivity index (χ3n) is 5.30. The van der Waals surface area contributed by atoms with Crippen molar-refractivity contribution in [3.8, 4) is 17.2 Å². The van der Waals surface area contributed by atoms with E-state index in [1.165, 1.54) is 21.3 Å². The maximum absolute atomic E-state index is 13.0. The van der Waals surface area contributed by atoms with Crippen LogP contribution in [0.15, 0.2) is 36.4 Å². The van der Waals surface area contributed by atoms with E-state index in [0.717, 1.165) is 5.52 Å². The molecule has 1 N–H and O–H groups in total. The summed E-state index contributed by atoms with van der Waals surface area (Å²) in [5.74, 6) is -0.757. The predicted molar refractivity (Wildman–Crippen MR) is 113 cm³/mol. The number of hydrogen-bond acceptors (Lipinski definition) is 7. The monoisotopic (exact) mass is 425 g/mol. The number of fused-ring (bicyclic) bond motifs is 3. The molecule has 0 saturated carbocycles. The topological polar surface area (TPSA) is 101 Å². The van der Waals surface area contributed by atoms with Crippen molar-refractivity contribution < 1.29 is 28.5 Å². The van der Waals surface area contributed by atoms with Gasteiger partial charge in [-0.05, 0) is 31.2 Å². The molecule has 0 unspecified atom stereocenters. The second-order valence-corrected chi connectivity index (χ2v) is 6.88. The molecule has 2 heterocycles. The zero-order valence-corrected chi connectivity index (χ0v) is 17.7. The molecule has 0 bridgehead atoms. The number of methoxy groups -OCH3 is 3. The van der Waals surface area contributed by atoms with Crippen LogP contribution in [0.2, 0.25) is 0 Å². The molecular weight excluding hydrogens is 402 g/mol. The Balaban J connectivity index is 2.03. The van der Waals surface area contributed by atoms with Crippen molar-refractivity contribution in [2.45, 2.75) is 13.0 Å². The fourth-order valence-corrected chi connectivity index (χ4v) is 4.04. The molecule has 2 atom stereocenters. The van der Waals surface area contributed by atoms with Gasteiger partial charge in [0.25, 0.3) is 0 Å². The highest BCUT2D eigenvalue weighted by molar-refractivity contribution is 6.07. The Morgan fingerprint density at radius 1 is 1.06 bits per heavy atom. The summed E-state index contributed by atoms with van der Waals surface area (Å²) in [5, 5.41) is 2.74. The van der Waals surface area contributed by atoms with Gasteiger partial charge in [-0.25, -0.2) is 4.98 Å². The first-order valence-corrected chi connectivity index (χ1v) is 9.79. The van der Waals surface area contributed by atoms with E-state index >= 15 is 0 Å². The molecule has 1 aliphatic heterocycles. The standard InChI is InChI=1S/C22H23N3O6/c1-5-31-21(27)16-17(12-10-11-15(28-2)19(30-4)18(12)29-3)25-14-9-7-6-8-13(14)23-22(25)24-20(16)26/h6-11,16-17H,5H2,1-4H3,(H,23,24,26)/t16-,17-/m0/s1. The molecule has 3 aromatic rings. The number of nitrogens with zero attached hydrogens (tertiary/aromatic N) is 2. The number of para-hydroxylation sites is 2. The number of rotatable bonds is 6. The zero-order valence-electron chi connectivity index (χ0n) is 17.7. The van der Waals surface area contributed by atoms with Crippen LogP contribution in [0.3, 0.4) is 0 Å². The van der Waals surface area contributed by atoms with E-state index in [2.05, 4.69) is 10.3 Å². The summed E-state index contributed by atoms with van der Waals surface area (Å²) in [7, 11) is 4.52. The van der Waals surface area contributed by atoms with Crippen LogP contribution in [0.4, 0.5) is 5.95 Å². The van der Waals surface area contributed by atoms with Crippen LogP contribution in [-0.4, -0.2) is 49.4 Å². The van der Waals surface area contributed by atoms with Gasteiger partial charge in [0.15, 0.2) is 17.4 Å². The van der Waals surface area contributed by atoms with Gasteiger partial charge in [-0.2, -0.15) is 0 Å². The maximum atomic E-state index is 13.0. The minimum Gasteiger partial charge on any atom is -0.493 e. The summed E-state index contributed by atoms with van der Waals surface area (Å²) in [6, 6.07) is 10.2. The molecule has 1 amide bonds. The summed E-state index contributed by atoms with van der Waals surface area (Å²) in [6.07, 6.45) is 0. The van der Waals surface area contributed by atoms with Crippen LogP contribution >= 0.6 is 0 Å². The minimum absolute atomic E-state index is 0.149. The van der Waals surface area contributed by atoms with Gasteiger partial charge in [-0.1, -0.05) is 12.1 Å². The van der Waals surface area contributed by atoms with Gasteiger partial charge in [-0.3, -0.25) is 14.9 Å². The van der Waals surface area contributed by atoms with Crippen molar-refractivity contribution in [1.29, 1.82) is 0 Å². The lowest BCUT2D eigenvalue weighted by molar-refractivity contribution is -0.152. The smallest absolute Gasteiger partial charge is 0.321 e. The van der Waals surface area contributed by atoms with Crippen molar-refractivity contribution in [3.05, 3.63) is 42.0 Å². The largest absolute Gasteiger partial charge is 0.493 e. The maximum Gasteiger partial charge on any atom is 0.321 e. The van der Waals surface area contributed by atoms with Gasteiger partial charge in [0.05, 0.1) is 45.0 Å². The van der Waals surface area contributed by atoms with Gasteiger partial charge in [-0.15, -0.1) is 0 Å². The molecule has 9 heteroatoms. The van der Waals surface area contributed by atoms with E-state index in [9.17, 15) is 9.59 Å². The Kier molecular flexibility index (Phi) is 5.41. The number of carbonyl (C=O) groups is 2. The number of carbonyl (C=O) groups excluding carboxylic acids is 2. The SMILES string of the molecule is CCOC(=O)[C@@H]1C(=O)Nc2nc3ccccc3n2[C@H]1c1ccc(OC)c(OC)c1OC. The highest BCUT2D eigenvalue weighted by atomic mass is 16.5. The average molecular weight is 425 g/mol. The Hall–Kier alpha value is -3.75. The quantitative estimate of drug-likeness (QED) is 0.479. The number of hydrogen-bond donors (Lipinski definition) is 1. The van der Waals surface area contributed by atoms with E-state index < -0.39 is 23.8 Å². The molecule has 9 nitrogen and oxygen atoms in total. The zero-order chi connectivity index (χ0) is 22.1. The molecule has 0 radical (unpaired) electrons. The molecule has 0 fully saturated rings.